The smallest absolute Gasteiger partial charge is 0.0641 e. The molecular formula is C14H25N3O. The van der Waals surface area contributed by atoms with Crippen LogP contribution in [0.15, 0.2) is 6.20 Å². The first-order valence-electron chi connectivity index (χ1n) is 6.77. The van der Waals surface area contributed by atoms with E-state index >= 15 is 0 Å². The molecule has 0 radical (unpaired) electrons. The van der Waals surface area contributed by atoms with Crippen molar-refractivity contribution in [1.29, 1.82) is 0 Å². The van der Waals surface area contributed by atoms with E-state index in [9.17, 15) is 0 Å². The maximum absolute atomic E-state index is 5.75. The van der Waals surface area contributed by atoms with Crippen LogP contribution in [0.3, 0.4) is 0 Å². The Morgan fingerprint density at radius 3 is 2.83 bits per heavy atom. The van der Waals surface area contributed by atoms with Crippen LogP contribution in [0.4, 0.5) is 0 Å². The zero-order valence-electron chi connectivity index (χ0n) is 12.2. The summed E-state index contributed by atoms with van der Waals surface area (Å²) in [6.07, 6.45) is 4.13. The third kappa shape index (κ3) is 2.93. The molecule has 4 nitrogen and oxygen atoms in total. The molecule has 0 amide bonds. The lowest BCUT2D eigenvalue weighted by atomic mass is 9.93. The zero-order valence-corrected chi connectivity index (χ0v) is 12.2. The van der Waals surface area contributed by atoms with Gasteiger partial charge in [0.15, 0.2) is 0 Å². The van der Waals surface area contributed by atoms with Gasteiger partial charge in [0.25, 0.3) is 0 Å². The SMILES string of the molecule is Cc1c(C(C)NC2CCOC(C)(C)C2)cnn1C. The highest BCUT2D eigenvalue weighted by atomic mass is 16.5. The first-order valence-corrected chi connectivity index (χ1v) is 6.77. The molecule has 0 aliphatic carbocycles. The Kier molecular flexibility index (Phi) is 3.78. The van der Waals surface area contributed by atoms with Gasteiger partial charge >= 0.3 is 0 Å². The third-order valence-corrected chi connectivity index (χ3v) is 3.92. The lowest BCUT2D eigenvalue weighted by molar-refractivity contribution is -0.0640. The summed E-state index contributed by atoms with van der Waals surface area (Å²) in [5.74, 6) is 0. The fraction of sp³-hybridized carbons (Fsp3) is 0.786. The molecule has 102 valence electrons. The number of nitrogens with zero attached hydrogens (tertiary/aromatic N) is 2. The van der Waals surface area contributed by atoms with Crippen molar-refractivity contribution in [1.82, 2.24) is 15.1 Å². The maximum atomic E-state index is 5.75. The lowest BCUT2D eigenvalue weighted by Crippen LogP contribution is -2.44. The summed E-state index contributed by atoms with van der Waals surface area (Å²) in [5.41, 5.74) is 2.53. The van der Waals surface area contributed by atoms with Crippen LogP contribution in [0.25, 0.3) is 0 Å². The predicted molar refractivity (Wildman–Crippen MR) is 72.5 cm³/mol. The zero-order chi connectivity index (χ0) is 13.3. The van der Waals surface area contributed by atoms with Crippen molar-refractivity contribution < 1.29 is 4.74 Å². The summed E-state index contributed by atoms with van der Waals surface area (Å²) in [7, 11) is 1.99. The molecule has 18 heavy (non-hydrogen) atoms. The number of hydrogen-bond acceptors (Lipinski definition) is 3. The van der Waals surface area contributed by atoms with Gasteiger partial charge in [0.2, 0.25) is 0 Å². The molecule has 2 unspecified atom stereocenters. The van der Waals surface area contributed by atoms with Gasteiger partial charge in [-0.1, -0.05) is 0 Å². The molecule has 0 aromatic carbocycles. The fourth-order valence-electron chi connectivity index (χ4n) is 2.76. The summed E-state index contributed by atoms with van der Waals surface area (Å²) in [6.45, 7) is 9.52. The van der Waals surface area contributed by atoms with E-state index in [4.69, 9.17) is 4.74 Å². The molecule has 0 saturated carbocycles. The molecule has 1 aromatic heterocycles. The minimum atomic E-state index is -0.000378. The van der Waals surface area contributed by atoms with E-state index in [-0.39, 0.29) is 5.60 Å². The van der Waals surface area contributed by atoms with Crippen LogP contribution in [-0.2, 0) is 11.8 Å². The van der Waals surface area contributed by atoms with E-state index < -0.39 is 0 Å². The number of rotatable bonds is 3. The van der Waals surface area contributed by atoms with E-state index in [1.807, 2.05) is 17.9 Å². The van der Waals surface area contributed by atoms with Crippen molar-refractivity contribution in [3.8, 4) is 0 Å². The second-order valence-corrected chi connectivity index (χ2v) is 6.00. The van der Waals surface area contributed by atoms with Crippen molar-refractivity contribution >= 4 is 0 Å². The predicted octanol–water partition coefficient (Wildman–Crippen LogP) is 2.34. The Hall–Kier alpha value is -0.870. The highest BCUT2D eigenvalue weighted by molar-refractivity contribution is 5.19. The second-order valence-electron chi connectivity index (χ2n) is 6.00. The van der Waals surface area contributed by atoms with Gasteiger partial charge in [-0.2, -0.15) is 5.10 Å². The van der Waals surface area contributed by atoms with Crippen molar-refractivity contribution in [2.75, 3.05) is 6.61 Å². The van der Waals surface area contributed by atoms with Crippen LogP contribution in [-0.4, -0.2) is 28.0 Å². The highest BCUT2D eigenvalue weighted by Crippen LogP contribution is 2.26. The highest BCUT2D eigenvalue weighted by Gasteiger charge is 2.29. The first kappa shape index (κ1) is 13.6. The maximum Gasteiger partial charge on any atom is 0.0641 e. The van der Waals surface area contributed by atoms with Crippen molar-refractivity contribution in [3.05, 3.63) is 17.5 Å². The molecule has 0 bridgehead atoms. The summed E-state index contributed by atoms with van der Waals surface area (Å²) in [5, 5.41) is 8.02. The molecule has 2 heterocycles. The van der Waals surface area contributed by atoms with Gasteiger partial charge in [-0.3, -0.25) is 4.68 Å². The summed E-state index contributed by atoms with van der Waals surface area (Å²) >= 11 is 0. The van der Waals surface area contributed by atoms with Gasteiger partial charge in [-0.15, -0.1) is 0 Å². The largest absolute Gasteiger partial charge is 0.375 e. The van der Waals surface area contributed by atoms with Crippen LogP contribution in [0.2, 0.25) is 0 Å². The van der Waals surface area contributed by atoms with Crippen LogP contribution in [0.1, 0.15) is 50.9 Å². The minimum absolute atomic E-state index is 0.000378. The monoisotopic (exact) mass is 251 g/mol. The Balaban J connectivity index is 1.99. The Bertz CT molecular complexity index is 411. The number of nitrogens with one attached hydrogen (secondary N) is 1. The summed E-state index contributed by atoms with van der Waals surface area (Å²) < 4.78 is 7.69. The van der Waals surface area contributed by atoms with Crippen molar-refractivity contribution in [2.45, 2.75) is 58.2 Å². The van der Waals surface area contributed by atoms with Gasteiger partial charge in [-0.25, -0.2) is 0 Å². The fourth-order valence-corrected chi connectivity index (χ4v) is 2.76. The normalized spacial score (nSPS) is 25.1. The van der Waals surface area contributed by atoms with Gasteiger partial charge in [-0.05, 0) is 40.5 Å². The number of hydrogen-bond donors (Lipinski definition) is 1. The Morgan fingerprint density at radius 2 is 2.28 bits per heavy atom. The quantitative estimate of drug-likeness (QED) is 0.896. The summed E-state index contributed by atoms with van der Waals surface area (Å²) in [4.78, 5) is 0. The van der Waals surface area contributed by atoms with Gasteiger partial charge in [0, 0.05) is 37.0 Å². The average Bonchev–Trinajstić information content (AvgIpc) is 2.58. The number of aryl methyl sites for hydroxylation is 1. The number of aromatic nitrogens is 2. The van der Waals surface area contributed by atoms with Crippen molar-refractivity contribution in [3.63, 3.8) is 0 Å². The third-order valence-electron chi connectivity index (χ3n) is 3.92. The molecule has 4 heteroatoms. The van der Waals surface area contributed by atoms with E-state index in [1.54, 1.807) is 0 Å². The van der Waals surface area contributed by atoms with Gasteiger partial charge in [0.05, 0.1) is 11.8 Å². The number of ether oxygens (including phenoxy) is 1. The van der Waals surface area contributed by atoms with Crippen LogP contribution in [0, 0.1) is 6.92 Å². The standard InChI is InChI=1S/C14H25N3O/c1-10(13-9-15-17(5)11(13)2)16-12-6-7-18-14(3,4)8-12/h9-10,12,16H,6-8H2,1-5H3. The van der Waals surface area contributed by atoms with E-state index in [2.05, 4.69) is 38.1 Å². The van der Waals surface area contributed by atoms with E-state index in [0.29, 0.717) is 12.1 Å². The first-order chi connectivity index (χ1) is 8.39. The van der Waals surface area contributed by atoms with Gasteiger partial charge < -0.3 is 10.1 Å². The Labute approximate surface area is 110 Å². The molecule has 2 rings (SSSR count). The lowest BCUT2D eigenvalue weighted by Gasteiger charge is -2.37. The molecule has 0 spiro atoms. The molecule has 1 aliphatic rings. The molecule has 1 N–H and O–H groups in total. The summed E-state index contributed by atoms with van der Waals surface area (Å²) in [6, 6.07) is 0.876. The van der Waals surface area contributed by atoms with E-state index in [0.717, 1.165) is 19.4 Å². The van der Waals surface area contributed by atoms with Crippen LogP contribution < -0.4 is 5.32 Å². The topological polar surface area (TPSA) is 39.1 Å². The van der Waals surface area contributed by atoms with Crippen molar-refractivity contribution in [2.24, 2.45) is 7.05 Å². The minimum Gasteiger partial charge on any atom is -0.375 e. The molecule has 1 aliphatic heterocycles. The molecule has 1 aromatic rings. The molecule has 2 atom stereocenters. The molecule has 1 fully saturated rings. The Morgan fingerprint density at radius 1 is 1.56 bits per heavy atom. The molecular weight excluding hydrogens is 226 g/mol. The van der Waals surface area contributed by atoms with E-state index in [1.165, 1.54) is 11.3 Å². The van der Waals surface area contributed by atoms with Crippen LogP contribution >= 0.6 is 0 Å². The van der Waals surface area contributed by atoms with Crippen LogP contribution in [0.5, 0.6) is 0 Å². The van der Waals surface area contributed by atoms with Gasteiger partial charge in [0.1, 0.15) is 0 Å². The molecule has 1 saturated heterocycles. The average molecular weight is 251 g/mol. The second kappa shape index (κ2) is 5.02.